The number of ether oxygens (including phenoxy) is 1. The number of hydrogen-bond donors (Lipinski definition) is 2. The third-order valence-corrected chi connectivity index (χ3v) is 0.648. The van der Waals surface area contributed by atoms with Crippen LogP contribution in [0.4, 0.5) is 26.3 Å². The summed E-state index contributed by atoms with van der Waals surface area (Å²) in [5.74, 6) is 1.60. The summed E-state index contributed by atoms with van der Waals surface area (Å²) in [6.45, 7) is 0. The molecule has 0 aliphatic rings. The Hall–Kier alpha value is -1.36. The maximum atomic E-state index is 11.2. The highest BCUT2D eigenvalue weighted by atomic mass is 19.4. The van der Waals surface area contributed by atoms with Gasteiger partial charge in [-0.25, -0.2) is 9.59 Å². The fraction of sp³-hybridized carbons (Fsp3) is 0.500. The van der Waals surface area contributed by atoms with Gasteiger partial charge in [-0.3, -0.25) is 11.7 Å². The third-order valence-electron chi connectivity index (χ3n) is 0.648. The molecular weight excluding hydrogens is 238 g/mol. The molecule has 0 atom stereocenters. The van der Waals surface area contributed by atoms with E-state index in [1.807, 2.05) is 0 Å². The number of esters is 2. The van der Waals surface area contributed by atoms with E-state index >= 15 is 0 Å². The molecule has 0 rings (SSSR count). The van der Waals surface area contributed by atoms with Crippen molar-refractivity contribution in [3.63, 3.8) is 0 Å². The second kappa shape index (κ2) is 5.50. The second-order valence-electron chi connectivity index (χ2n) is 1.67. The van der Waals surface area contributed by atoms with Gasteiger partial charge in [0.2, 0.25) is 0 Å². The number of carbonyl (C=O) groups excluding carboxylic acids is 2. The van der Waals surface area contributed by atoms with E-state index in [1.54, 1.807) is 0 Å². The topological polar surface area (TPSA) is 95.4 Å². The average molecular weight is 242 g/mol. The first-order valence-corrected chi connectivity index (χ1v) is 2.78. The number of alkyl halides is 6. The van der Waals surface area contributed by atoms with Gasteiger partial charge in [-0.15, -0.1) is 0 Å². The van der Waals surface area contributed by atoms with Crippen LogP contribution in [0.1, 0.15) is 0 Å². The molecule has 0 saturated heterocycles. The molecule has 0 heterocycles. The lowest BCUT2D eigenvalue weighted by atomic mass is 10.6. The fourth-order valence-corrected chi connectivity index (χ4v) is 0.200. The monoisotopic (exact) mass is 242 g/mol. The molecule has 0 aromatic carbocycles. The molecule has 0 aliphatic carbocycles. The maximum Gasteiger partial charge on any atom is 0.491 e. The molecule has 0 aromatic rings. The predicted octanol–water partition coefficient (Wildman–Crippen LogP) is -0.000400. The number of hydrogen-bond acceptors (Lipinski definition) is 5. The van der Waals surface area contributed by atoms with Crippen LogP contribution in [0.3, 0.4) is 0 Å². The molecule has 0 amide bonds. The molecule has 90 valence electrons. The average Bonchev–Trinajstić information content (AvgIpc) is 2.04. The zero-order valence-corrected chi connectivity index (χ0v) is 6.65. The van der Waals surface area contributed by atoms with Crippen LogP contribution in [0.2, 0.25) is 0 Å². The first-order chi connectivity index (χ1) is 6.55. The first-order valence-electron chi connectivity index (χ1n) is 2.78. The largest absolute Gasteiger partial charge is 0.491 e. The number of rotatable bonds is 0. The van der Waals surface area contributed by atoms with Crippen LogP contribution < -0.4 is 11.7 Å². The van der Waals surface area contributed by atoms with E-state index < -0.39 is 24.3 Å². The predicted molar refractivity (Wildman–Crippen MR) is 31.6 cm³/mol. The quantitative estimate of drug-likeness (QED) is 0.205. The molecule has 0 bridgehead atoms. The highest BCUT2D eigenvalue weighted by Gasteiger charge is 2.49. The lowest BCUT2D eigenvalue weighted by Gasteiger charge is -2.06. The molecule has 4 N–H and O–H groups in total. The summed E-state index contributed by atoms with van der Waals surface area (Å²) in [4.78, 5) is 19.3. The normalized spacial score (nSPS) is 11.2. The molecule has 0 spiro atoms. The second-order valence-corrected chi connectivity index (χ2v) is 1.67. The Morgan fingerprint density at radius 2 is 1.00 bits per heavy atom. The standard InChI is InChI=1S/C4F6O3.H4N2/c5-3(6,7)1(11)13-2(12)4(8,9)10;1-2/h;1-2H2. The van der Waals surface area contributed by atoms with Gasteiger partial charge in [0.25, 0.3) is 0 Å². The minimum atomic E-state index is -5.62. The van der Waals surface area contributed by atoms with E-state index in [4.69, 9.17) is 0 Å². The summed E-state index contributed by atoms with van der Waals surface area (Å²) >= 11 is 0. The SMILES string of the molecule is NN.O=C(OC(=O)C(F)(F)F)C(F)(F)F. The zero-order valence-electron chi connectivity index (χ0n) is 6.65. The Kier molecular flexibility index (Phi) is 5.90. The van der Waals surface area contributed by atoms with E-state index in [0.717, 1.165) is 0 Å². The van der Waals surface area contributed by atoms with E-state index in [1.165, 1.54) is 0 Å². The van der Waals surface area contributed by atoms with Gasteiger partial charge in [0, 0.05) is 0 Å². The Balaban J connectivity index is 0. The van der Waals surface area contributed by atoms with Crippen LogP contribution in [0.5, 0.6) is 0 Å². The molecular formula is C4H4F6N2O3. The fourth-order valence-electron chi connectivity index (χ4n) is 0.200. The van der Waals surface area contributed by atoms with Gasteiger partial charge in [-0.1, -0.05) is 0 Å². The van der Waals surface area contributed by atoms with E-state index in [2.05, 4.69) is 16.4 Å². The maximum absolute atomic E-state index is 11.2. The van der Waals surface area contributed by atoms with E-state index in [9.17, 15) is 35.9 Å². The van der Waals surface area contributed by atoms with Crippen molar-refractivity contribution in [2.24, 2.45) is 11.7 Å². The minimum Gasteiger partial charge on any atom is -0.380 e. The van der Waals surface area contributed by atoms with Gasteiger partial charge in [-0.2, -0.15) is 26.3 Å². The lowest BCUT2D eigenvalue weighted by molar-refractivity contribution is -0.221. The van der Waals surface area contributed by atoms with Crippen molar-refractivity contribution in [3.8, 4) is 0 Å². The lowest BCUT2D eigenvalue weighted by Crippen LogP contribution is -2.34. The molecule has 0 unspecified atom stereocenters. The Labute approximate surface area is 77.9 Å². The number of halogens is 6. The van der Waals surface area contributed by atoms with Crippen LogP contribution in [0, 0.1) is 0 Å². The van der Waals surface area contributed by atoms with Crippen LogP contribution >= 0.6 is 0 Å². The summed E-state index contributed by atoms with van der Waals surface area (Å²) < 4.78 is 69.7. The van der Waals surface area contributed by atoms with Crippen molar-refractivity contribution >= 4 is 11.9 Å². The zero-order chi connectivity index (χ0) is 12.9. The van der Waals surface area contributed by atoms with E-state index in [-0.39, 0.29) is 0 Å². The van der Waals surface area contributed by atoms with Crippen LogP contribution in [0.15, 0.2) is 0 Å². The summed E-state index contributed by atoms with van der Waals surface area (Å²) in [5.41, 5.74) is 0. The Morgan fingerprint density at radius 1 is 0.800 bits per heavy atom. The molecule has 15 heavy (non-hydrogen) atoms. The van der Waals surface area contributed by atoms with E-state index in [0.29, 0.717) is 0 Å². The van der Waals surface area contributed by atoms with Crippen LogP contribution in [-0.4, -0.2) is 24.3 Å². The van der Waals surface area contributed by atoms with Gasteiger partial charge in [0.05, 0.1) is 0 Å². The van der Waals surface area contributed by atoms with Crippen molar-refractivity contribution in [1.29, 1.82) is 0 Å². The highest BCUT2D eigenvalue weighted by Crippen LogP contribution is 2.21. The number of carbonyl (C=O) groups is 2. The Bertz CT molecular complexity index is 210. The van der Waals surface area contributed by atoms with Crippen LogP contribution in [-0.2, 0) is 14.3 Å². The molecule has 11 heteroatoms. The molecule has 5 nitrogen and oxygen atoms in total. The molecule has 0 saturated carbocycles. The highest BCUT2D eigenvalue weighted by molar-refractivity contribution is 5.90. The molecule has 0 aliphatic heterocycles. The van der Waals surface area contributed by atoms with Crippen molar-refractivity contribution < 1.29 is 40.7 Å². The molecule has 0 fully saturated rings. The smallest absolute Gasteiger partial charge is 0.380 e. The van der Waals surface area contributed by atoms with Crippen molar-refractivity contribution in [3.05, 3.63) is 0 Å². The minimum absolute atomic E-state index is 2.45. The van der Waals surface area contributed by atoms with Crippen molar-refractivity contribution in [2.75, 3.05) is 0 Å². The summed E-state index contributed by atoms with van der Waals surface area (Å²) in [5, 5.41) is 0. The van der Waals surface area contributed by atoms with Crippen molar-refractivity contribution in [2.45, 2.75) is 12.4 Å². The van der Waals surface area contributed by atoms with Crippen LogP contribution in [0.25, 0.3) is 0 Å². The summed E-state index contributed by atoms with van der Waals surface area (Å²) in [6.07, 6.45) is -11.2. The van der Waals surface area contributed by atoms with Gasteiger partial charge in [-0.05, 0) is 0 Å². The van der Waals surface area contributed by atoms with Gasteiger partial charge in [0.15, 0.2) is 0 Å². The number of nitrogens with two attached hydrogens (primary N) is 2. The summed E-state index contributed by atoms with van der Waals surface area (Å²) in [7, 11) is 0. The van der Waals surface area contributed by atoms with Gasteiger partial charge < -0.3 is 4.74 Å². The first kappa shape index (κ1) is 16.1. The Morgan fingerprint density at radius 3 is 1.13 bits per heavy atom. The molecule has 0 aromatic heterocycles. The molecule has 0 radical (unpaired) electrons. The summed E-state index contributed by atoms with van der Waals surface area (Å²) in [6, 6.07) is 0. The number of hydrazine groups is 1. The third kappa shape index (κ3) is 6.68. The van der Waals surface area contributed by atoms with Gasteiger partial charge >= 0.3 is 24.3 Å². The van der Waals surface area contributed by atoms with Crippen molar-refractivity contribution in [1.82, 2.24) is 0 Å². The van der Waals surface area contributed by atoms with Gasteiger partial charge in [0.1, 0.15) is 0 Å².